The molecule has 3 nitrogen and oxygen atoms in total. The van der Waals surface area contributed by atoms with Crippen LogP contribution in [-0.4, -0.2) is 22.8 Å². The molecule has 0 spiro atoms. The fourth-order valence-corrected chi connectivity index (χ4v) is 1.78. The Bertz CT molecular complexity index is 196. The molecule has 0 heterocycles. The number of carbonyl (C=O) groups is 1. The third-order valence-corrected chi connectivity index (χ3v) is 2.76. The van der Waals surface area contributed by atoms with Crippen molar-refractivity contribution in [3.8, 4) is 0 Å². The molecule has 19 heavy (non-hydrogen) atoms. The van der Waals surface area contributed by atoms with Crippen molar-refractivity contribution < 1.29 is 15.0 Å². The van der Waals surface area contributed by atoms with E-state index in [4.69, 9.17) is 15.0 Å². The predicted octanol–water partition coefficient (Wildman–Crippen LogP) is 4.55. The summed E-state index contributed by atoms with van der Waals surface area (Å²) in [6.45, 7) is 3.54. The van der Waals surface area contributed by atoms with Crippen molar-refractivity contribution in [1.82, 2.24) is 0 Å². The van der Waals surface area contributed by atoms with E-state index in [2.05, 4.69) is 19.1 Å². The normalized spacial score (nSPS) is 10.3. The summed E-state index contributed by atoms with van der Waals surface area (Å²) in [6, 6.07) is 0. The highest BCUT2D eigenvalue weighted by Gasteiger charge is 1.91. The van der Waals surface area contributed by atoms with Gasteiger partial charge in [-0.2, -0.15) is 0 Å². The second-order valence-corrected chi connectivity index (χ2v) is 4.78. The molecule has 0 saturated heterocycles. The quantitative estimate of drug-likeness (QED) is 0.428. The van der Waals surface area contributed by atoms with Gasteiger partial charge in [-0.05, 0) is 26.2 Å². The minimum Gasteiger partial charge on any atom is -0.481 e. The fourth-order valence-electron chi connectivity index (χ4n) is 1.78. The van der Waals surface area contributed by atoms with Gasteiger partial charge < -0.3 is 10.2 Å². The highest BCUT2D eigenvalue weighted by molar-refractivity contribution is 5.62. The summed E-state index contributed by atoms with van der Waals surface area (Å²) < 4.78 is 0. The van der Waals surface area contributed by atoms with Crippen LogP contribution in [0.25, 0.3) is 0 Å². The molecule has 0 bridgehead atoms. The number of rotatable bonds is 11. The largest absolute Gasteiger partial charge is 0.481 e. The second-order valence-electron chi connectivity index (χ2n) is 4.78. The minimum absolute atomic E-state index is 0.366. The smallest absolute Gasteiger partial charge is 0.300 e. The third kappa shape index (κ3) is 31.7. The Labute approximate surface area is 118 Å². The van der Waals surface area contributed by atoms with Crippen molar-refractivity contribution in [2.45, 2.75) is 78.1 Å². The lowest BCUT2D eigenvalue weighted by Gasteiger charge is -2.00. The van der Waals surface area contributed by atoms with E-state index in [1.165, 1.54) is 57.8 Å². The van der Waals surface area contributed by atoms with Gasteiger partial charge in [-0.25, -0.2) is 0 Å². The van der Waals surface area contributed by atoms with Crippen molar-refractivity contribution in [2.75, 3.05) is 6.61 Å². The van der Waals surface area contributed by atoms with Crippen LogP contribution >= 0.6 is 0 Å². The molecule has 0 aliphatic heterocycles. The topological polar surface area (TPSA) is 57.5 Å². The Morgan fingerprint density at radius 1 is 0.895 bits per heavy atom. The molecular formula is C16H32O3. The van der Waals surface area contributed by atoms with E-state index in [1.807, 2.05) is 0 Å². The lowest BCUT2D eigenvalue weighted by atomic mass is 10.1. The number of aliphatic hydroxyl groups excluding tert-OH is 1. The number of aliphatic hydroxyl groups is 1. The molecule has 0 aromatic heterocycles. The molecule has 0 aliphatic carbocycles. The van der Waals surface area contributed by atoms with Crippen LogP contribution in [0.2, 0.25) is 0 Å². The molecule has 0 aliphatic rings. The van der Waals surface area contributed by atoms with Gasteiger partial charge in [0.2, 0.25) is 0 Å². The molecule has 0 amide bonds. The summed E-state index contributed by atoms with van der Waals surface area (Å²) >= 11 is 0. The Morgan fingerprint density at radius 3 is 1.63 bits per heavy atom. The van der Waals surface area contributed by atoms with Crippen molar-refractivity contribution in [2.24, 2.45) is 0 Å². The fraction of sp³-hybridized carbons (Fsp3) is 0.812. The SMILES string of the molecule is C/C=C\CCCCCCCCCCCO.CC(=O)O. The van der Waals surface area contributed by atoms with Crippen LogP contribution in [0, 0.1) is 0 Å². The maximum absolute atomic E-state index is 9.00. The predicted molar refractivity (Wildman–Crippen MR) is 81.4 cm³/mol. The van der Waals surface area contributed by atoms with E-state index in [9.17, 15) is 0 Å². The molecule has 0 aromatic carbocycles. The van der Waals surface area contributed by atoms with Gasteiger partial charge in [0.15, 0.2) is 0 Å². The summed E-state index contributed by atoms with van der Waals surface area (Å²) in [4.78, 5) is 9.00. The molecule has 0 atom stereocenters. The zero-order valence-corrected chi connectivity index (χ0v) is 12.7. The molecule has 0 aromatic rings. The number of carboxylic acids is 1. The van der Waals surface area contributed by atoms with Gasteiger partial charge in [-0.15, -0.1) is 0 Å². The van der Waals surface area contributed by atoms with Crippen molar-refractivity contribution in [1.29, 1.82) is 0 Å². The third-order valence-electron chi connectivity index (χ3n) is 2.76. The van der Waals surface area contributed by atoms with Crippen LogP contribution < -0.4 is 0 Å². The van der Waals surface area contributed by atoms with E-state index < -0.39 is 5.97 Å². The van der Waals surface area contributed by atoms with Crippen LogP contribution in [0.1, 0.15) is 78.1 Å². The first-order valence-electron chi connectivity index (χ1n) is 7.56. The average Bonchev–Trinajstić information content (AvgIpc) is 2.35. The van der Waals surface area contributed by atoms with Gasteiger partial charge in [-0.1, -0.05) is 57.1 Å². The lowest BCUT2D eigenvalue weighted by molar-refractivity contribution is -0.134. The highest BCUT2D eigenvalue weighted by Crippen LogP contribution is 2.10. The Balaban J connectivity index is 0. The van der Waals surface area contributed by atoms with Crippen LogP contribution in [0.4, 0.5) is 0 Å². The number of aliphatic carboxylic acids is 1. The number of allylic oxidation sites excluding steroid dienone is 2. The lowest BCUT2D eigenvalue weighted by Crippen LogP contribution is -1.84. The first-order valence-corrected chi connectivity index (χ1v) is 7.56. The zero-order chi connectivity index (χ0) is 14.8. The molecule has 0 radical (unpaired) electrons. The van der Waals surface area contributed by atoms with Crippen molar-refractivity contribution >= 4 is 5.97 Å². The minimum atomic E-state index is -0.833. The number of unbranched alkanes of at least 4 members (excludes halogenated alkanes) is 9. The molecular weight excluding hydrogens is 240 g/mol. The molecule has 0 rings (SSSR count). The standard InChI is InChI=1S/C14H28O.C2H4O2/c1-2-3-4-5-6-7-8-9-10-11-12-13-14-15;1-2(3)4/h2-3,15H,4-14H2,1H3;1H3,(H,3,4)/b3-2-;. The Kier molecular flexibility index (Phi) is 21.0. The summed E-state index contributed by atoms with van der Waals surface area (Å²) in [5.74, 6) is -0.833. The molecule has 3 heteroatoms. The highest BCUT2D eigenvalue weighted by atomic mass is 16.4. The number of hydrogen-bond acceptors (Lipinski definition) is 2. The average molecular weight is 272 g/mol. The zero-order valence-electron chi connectivity index (χ0n) is 12.7. The van der Waals surface area contributed by atoms with Crippen LogP contribution in [0.3, 0.4) is 0 Å². The monoisotopic (exact) mass is 272 g/mol. The van der Waals surface area contributed by atoms with Crippen molar-refractivity contribution in [3.63, 3.8) is 0 Å². The van der Waals surface area contributed by atoms with Gasteiger partial charge in [0.05, 0.1) is 0 Å². The Hall–Kier alpha value is -0.830. The van der Waals surface area contributed by atoms with E-state index in [0.29, 0.717) is 6.61 Å². The van der Waals surface area contributed by atoms with E-state index in [1.54, 1.807) is 0 Å². The second kappa shape index (κ2) is 19.5. The molecule has 114 valence electrons. The van der Waals surface area contributed by atoms with Gasteiger partial charge in [0.1, 0.15) is 0 Å². The van der Waals surface area contributed by atoms with E-state index >= 15 is 0 Å². The van der Waals surface area contributed by atoms with Gasteiger partial charge in [0, 0.05) is 13.5 Å². The summed E-state index contributed by atoms with van der Waals surface area (Å²) in [5.41, 5.74) is 0. The van der Waals surface area contributed by atoms with E-state index in [0.717, 1.165) is 13.3 Å². The maximum Gasteiger partial charge on any atom is 0.300 e. The first-order chi connectivity index (χ1) is 9.15. The number of hydrogen-bond donors (Lipinski definition) is 2. The maximum atomic E-state index is 9.00. The summed E-state index contributed by atoms with van der Waals surface area (Å²) in [7, 11) is 0. The summed E-state index contributed by atoms with van der Waals surface area (Å²) in [5, 5.41) is 16.0. The van der Waals surface area contributed by atoms with Crippen LogP contribution in [-0.2, 0) is 4.79 Å². The van der Waals surface area contributed by atoms with Crippen LogP contribution in [0.15, 0.2) is 12.2 Å². The summed E-state index contributed by atoms with van der Waals surface area (Å²) in [6.07, 6.45) is 17.4. The molecule has 0 saturated carbocycles. The Morgan fingerprint density at radius 2 is 1.26 bits per heavy atom. The van der Waals surface area contributed by atoms with Gasteiger partial charge in [-0.3, -0.25) is 4.79 Å². The van der Waals surface area contributed by atoms with E-state index in [-0.39, 0.29) is 0 Å². The molecule has 0 unspecified atom stereocenters. The van der Waals surface area contributed by atoms with Gasteiger partial charge >= 0.3 is 0 Å². The van der Waals surface area contributed by atoms with Gasteiger partial charge in [0.25, 0.3) is 5.97 Å². The molecule has 0 fully saturated rings. The number of carboxylic acid groups (broad SMARTS) is 1. The first kappa shape index (κ1) is 20.5. The van der Waals surface area contributed by atoms with Crippen molar-refractivity contribution in [3.05, 3.63) is 12.2 Å². The molecule has 2 N–H and O–H groups in total. The van der Waals surface area contributed by atoms with Crippen LogP contribution in [0.5, 0.6) is 0 Å².